The molecule has 6 heteroatoms. The van der Waals surface area contributed by atoms with Gasteiger partial charge in [-0.25, -0.2) is 0 Å². The quantitative estimate of drug-likeness (QED) is 0.633. The number of aryl methyl sites for hydroxylation is 1. The third-order valence-electron chi connectivity index (χ3n) is 2.05. The van der Waals surface area contributed by atoms with E-state index in [9.17, 15) is 4.79 Å². The molecule has 0 bridgehead atoms. The Morgan fingerprint density at radius 2 is 2.25 bits per heavy atom. The average molecular weight is 262 g/mol. The van der Waals surface area contributed by atoms with Gasteiger partial charge in [0.1, 0.15) is 10.4 Å². The fourth-order valence-electron chi connectivity index (χ4n) is 1.14. The highest BCUT2D eigenvalue weighted by Crippen LogP contribution is 2.17. The Bertz CT molecular complexity index is 341. The van der Waals surface area contributed by atoms with Gasteiger partial charge in [-0.05, 0) is 13.3 Å². The summed E-state index contributed by atoms with van der Waals surface area (Å²) in [4.78, 5) is 11.3. The van der Waals surface area contributed by atoms with Crippen LogP contribution in [-0.4, -0.2) is 21.5 Å². The van der Waals surface area contributed by atoms with Crippen LogP contribution in [0.5, 0.6) is 0 Å². The maximum atomic E-state index is 11.3. The van der Waals surface area contributed by atoms with Crippen LogP contribution in [0.3, 0.4) is 0 Å². The zero-order valence-corrected chi connectivity index (χ0v) is 11.1. The van der Waals surface area contributed by atoms with Crippen LogP contribution in [0.2, 0.25) is 0 Å². The molecule has 90 valence electrons. The molecule has 0 aliphatic heterocycles. The fraction of sp³-hybridized carbons (Fsp3) is 0.700. The van der Waals surface area contributed by atoms with Crippen LogP contribution in [0.4, 0.5) is 5.13 Å². The van der Waals surface area contributed by atoms with E-state index in [1.807, 2.05) is 0 Å². The molecule has 0 aliphatic carbocycles. The van der Waals surface area contributed by atoms with Crippen molar-refractivity contribution in [1.82, 2.24) is 10.2 Å². The standard InChI is InChI=1S/C10H16ClN3OS/c1-3-4-5-6-8-13-14-10(16-8)12-9(15)7(2)11/h7H,3-6H2,1-2H3,(H,12,14,15)/t7-/m0/s1. The number of halogens is 1. The number of rotatable bonds is 6. The Balaban J connectivity index is 2.42. The number of hydrogen-bond donors (Lipinski definition) is 1. The molecule has 1 rings (SSSR count). The summed E-state index contributed by atoms with van der Waals surface area (Å²) in [6.07, 6.45) is 4.43. The molecule has 0 fully saturated rings. The molecule has 1 heterocycles. The third-order valence-corrected chi connectivity index (χ3v) is 3.15. The van der Waals surface area contributed by atoms with Crippen molar-refractivity contribution in [3.05, 3.63) is 5.01 Å². The van der Waals surface area contributed by atoms with Crippen LogP contribution < -0.4 is 5.32 Å². The molecule has 0 saturated carbocycles. The fourth-order valence-corrected chi connectivity index (χ4v) is 1.98. The molecule has 1 amide bonds. The number of alkyl halides is 1. The molecule has 1 N–H and O–H groups in total. The predicted molar refractivity (Wildman–Crippen MR) is 67.1 cm³/mol. The summed E-state index contributed by atoms with van der Waals surface area (Å²) in [5.74, 6) is -0.238. The molecule has 0 unspecified atom stereocenters. The summed E-state index contributed by atoms with van der Waals surface area (Å²) >= 11 is 7.05. The number of nitrogens with zero attached hydrogens (tertiary/aromatic N) is 2. The van der Waals surface area contributed by atoms with Crippen LogP contribution >= 0.6 is 22.9 Å². The van der Waals surface area contributed by atoms with Crippen molar-refractivity contribution >= 4 is 34.0 Å². The monoisotopic (exact) mass is 261 g/mol. The second-order valence-electron chi connectivity index (χ2n) is 3.56. The van der Waals surface area contributed by atoms with Gasteiger partial charge in [0, 0.05) is 6.42 Å². The predicted octanol–water partition coefficient (Wildman–Crippen LogP) is 2.84. The first-order valence-electron chi connectivity index (χ1n) is 5.40. The van der Waals surface area contributed by atoms with E-state index in [1.165, 1.54) is 24.2 Å². The molecule has 0 aromatic carbocycles. The van der Waals surface area contributed by atoms with Crippen molar-refractivity contribution < 1.29 is 4.79 Å². The number of amides is 1. The maximum absolute atomic E-state index is 11.3. The Kier molecular flexibility index (Phi) is 5.69. The topological polar surface area (TPSA) is 54.9 Å². The van der Waals surface area contributed by atoms with Crippen LogP contribution in [0.25, 0.3) is 0 Å². The van der Waals surface area contributed by atoms with E-state index in [0.717, 1.165) is 17.8 Å². The van der Waals surface area contributed by atoms with Gasteiger partial charge in [0.25, 0.3) is 0 Å². The van der Waals surface area contributed by atoms with E-state index in [1.54, 1.807) is 6.92 Å². The summed E-state index contributed by atoms with van der Waals surface area (Å²) in [5.41, 5.74) is 0. The van der Waals surface area contributed by atoms with Crippen molar-refractivity contribution in [3.63, 3.8) is 0 Å². The Hall–Kier alpha value is -0.680. The van der Waals surface area contributed by atoms with Gasteiger partial charge >= 0.3 is 0 Å². The highest BCUT2D eigenvalue weighted by molar-refractivity contribution is 7.15. The molecule has 0 aliphatic rings. The molecule has 1 aromatic heterocycles. The summed E-state index contributed by atoms with van der Waals surface area (Å²) in [6, 6.07) is 0. The largest absolute Gasteiger partial charge is 0.299 e. The highest BCUT2D eigenvalue weighted by atomic mass is 35.5. The maximum Gasteiger partial charge on any atom is 0.243 e. The average Bonchev–Trinajstić information content (AvgIpc) is 2.66. The first-order valence-corrected chi connectivity index (χ1v) is 6.66. The number of carbonyl (C=O) groups excluding carboxylic acids is 1. The zero-order valence-electron chi connectivity index (χ0n) is 9.49. The summed E-state index contributed by atoms with van der Waals surface area (Å²) in [6.45, 7) is 3.79. The lowest BCUT2D eigenvalue weighted by Gasteiger charge is -2.00. The molecule has 0 saturated heterocycles. The zero-order chi connectivity index (χ0) is 12.0. The Morgan fingerprint density at radius 1 is 1.50 bits per heavy atom. The lowest BCUT2D eigenvalue weighted by Crippen LogP contribution is -2.20. The number of nitrogens with one attached hydrogen (secondary N) is 1. The molecule has 0 spiro atoms. The van der Waals surface area contributed by atoms with Crippen LogP contribution in [0, 0.1) is 0 Å². The van der Waals surface area contributed by atoms with Gasteiger partial charge in [-0.15, -0.1) is 21.8 Å². The summed E-state index contributed by atoms with van der Waals surface area (Å²) < 4.78 is 0. The SMILES string of the molecule is CCCCCc1nnc(NC(=O)[C@H](C)Cl)s1. The molecular weight excluding hydrogens is 246 g/mol. The number of anilines is 1. The molecule has 4 nitrogen and oxygen atoms in total. The van der Waals surface area contributed by atoms with E-state index in [4.69, 9.17) is 11.6 Å². The van der Waals surface area contributed by atoms with Gasteiger partial charge in [0.05, 0.1) is 0 Å². The van der Waals surface area contributed by atoms with Crippen LogP contribution in [0.15, 0.2) is 0 Å². The van der Waals surface area contributed by atoms with Gasteiger partial charge in [-0.1, -0.05) is 31.1 Å². The van der Waals surface area contributed by atoms with Crippen molar-refractivity contribution in [2.45, 2.75) is 44.9 Å². The number of aromatic nitrogens is 2. The van der Waals surface area contributed by atoms with E-state index < -0.39 is 5.38 Å². The first-order chi connectivity index (χ1) is 7.63. The van der Waals surface area contributed by atoms with Gasteiger partial charge in [-0.3, -0.25) is 10.1 Å². The minimum atomic E-state index is -0.549. The van der Waals surface area contributed by atoms with E-state index in [0.29, 0.717) is 5.13 Å². The van der Waals surface area contributed by atoms with Gasteiger partial charge < -0.3 is 0 Å². The van der Waals surface area contributed by atoms with Crippen molar-refractivity contribution in [2.24, 2.45) is 0 Å². The molecule has 0 radical (unpaired) electrons. The van der Waals surface area contributed by atoms with Gasteiger partial charge in [0.2, 0.25) is 11.0 Å². The van der Waals surface area contributed by atoms with Crippen molar-refractivity contribution in [3.8, 4) is 0 Å². The number of carbonyl (C=O) groups is 1. The van der Waals surface area contributed by atoms with E-state index in [-0.39, 0.29) is 5.91 Å². The highest BCUT2D eigenvalue weighted by Gasteiger charge is 2.12. The van der Waals surface area contributed by atoms with Crippen molar-refractivity contribution in [2.75, 3.05) is 5.32 Å². The minimum absolute atomic E-state index is 0.238. The summed E-state index contributed by atoms with van der Waals surface area (Å²) in [7, 11) is 0. The lowest BCUT2D eigenvalue weighted by atomic mass is 10.2. The number of hydrogen-bond acceptors (Lipinski definition) is 4. The first kappa shape index (κ1) is 13.4. The van der Waals surface area contributed by atoms with E-state index in [2.05, 4.69) is 22.4 Å². The normalized spacial score (nSPS) is 12.4. The minimum Gasteiger partial charge on any atom is -0.299 e. The van der Waals surface area contributed by atoms with Gasteiger partial charge in [-0.2, -0.15) is 0 Å². The summed E-state index contributed by atoms with van der Waals surface area (Å²) in [5, 5.41) is 11.5. The Morgan fingerprint density at radius 3 is 2.88 bits per heavy atom. The second kappa shape index (κ2) is 6.81. The van der Waals surface area contributed by atoms with Crippen LogP contribution in [-0.2, 0) is 11.2 Å². The lowest BCUT2D eigenvalue weighted by molar-refractivity contribution is -0.115. The molecule has 1 aromatic rings. The third kappa shape index (κ3) is 4.45. The molecule has 1 atom stereocenters. The smallest absolute Gasteiger partial charge is 0.243 e. The van der Waals surface area contributed by atoms with Crippen LogP contribution in [0.1, 0.15) is 38.1 Å². The second-order valence-corrected chi connectivity index (χ2v) is 5.28. The van der Waals surface area contributed by atoms with Gasteiger partial charge in [0.15, 0.2) is 0 Å². The van der Waals surface area contributed by atoms with E-state index >= 15 is 0 Å². The molecular formula is C10H16ClN3OS. The number of unbranched alkanes of at least 4 members (excludes halogenated alkanes) is 2. The molecule has 16 heavy (non-hydrogen) atoms. The Labute approximate surface area is 104 Å². The van der Waals surface area contributed by atoms with Crippen molar-refractivity contribution in [1.29, 1.82) is 0 Å².